The van der Waals surface area contributed by atoms with Crippen molar-refractivity contribution in [3.8, 4) is 5.75 Å². The highest BCUT2D eigenvalue weighted by molar-refractivity contribution is 7.92. The smallest absolute Gasteiger partial charge is 0.264 e. The van der Waals surface area contributed by atoms with Crippen LogP contribution in [0.3, 0.4) is 0 Å². The van der Waals surface area contributed by atoms with Gasteiger partial charge < -0.3 is 9.84 Å². The first-order chi connectivity index (χ1) is 18.6. The maximum atomic E-state index is 13.4. The standard InChI is InChI=1S/C24H23N7O6S2/c1-16-8-10-26-24(27-16)30-38(33,34)18-6-4-17(5-7-18)28-29-20-15-21(19-3-2-9-25-22(19)23(20)32)39(35,36)31-11-13-37-14-12-31/h2-10,15,32H,11-14H2,1H3,(H,26,27,30). The van der Waals surface area contributed by atoms with Crippen molar-refractivity contribution in [2.75, 3.05) is 31.0 Å². The summed E-state index contributed by atoms with van der Waals surface area (Å²) in [5.41, 5.74) is 0.819. The Balaban J connectivity index is 1.45. The molecule has 1 saturated heterocycles. The van der Waals surface area contributed by atoms with Crippen molar-refractivity contribution in [3.63, 3.8) is 0 Å². The summed E-state index contributed by atoms with van der Waals surface area (Å²) < 4.78 is 61.1. The minimum atomic E-state index is -3.95. The first-order valence-electron chi connectivity index (χ1n) is 11.7. The number of pyridine rings is 1. The lowest BCUT2D eigenvalue weighted by molar-refractivity contribution is 0.0730. The molecular weight excluding hydrogens is 546 g/mol. The molecule has 0 saturated carbocycles. The second-order valence-corrected chi connectivity index (χ2v) is 12.1. The van der Waals surface area contributed by atoms with Gasteiger partial charge in [0.25, 0.3) is 10.0 Å². The number of rotatable bonds is 7. The summed E-state index contributed by atoms with van der Waals surface area (Å²) >= 11 is 0. The summed E-state index contributed by atoms with van der Waals surface area (Å²) in [7, 11) is -7.90. The van der Waals surface area contributed by atoms with Crippen molar-refractivity contribution in [2.45, 2.75) is 16.7 Å². The molecule has 202 valence electrons. The normalized spacial score (nSPS) is 15.1. The van der Waals surface area contributed by atoms with Gasteiger partial charge in [-0.25, -0.2) is 31.5 Å². The van der Waals surface area contributed by atoms with Crippen LogP contribution in [0.15, 0.2) is 80.9 Å². The van der Waals surface area contributed by atoms with Crippen LogP contribution in [0.5, 0.6) is 5.75 Å². The van der Waals surface area contributed by atoms with Gasteiger partial charge >= 0.3 is 0 Å². The number of benzene rings is 2. The van der Waals surface area contributed by atoms with Crippen molar-refractivity contribution in [3.05, 3.63) is 66.6 Å². The van der Waals surface area contributed by atoms with Crippen LogP contribution in [0.25, 0.3) is 10.9 Å². The molecule has 15 heteroatoms. The molecule has 2 aromatic carbocycles. The molecule has 0 radical (unpaired) electrons. The summed E-state index contributed by atoms with van der Waals surface area (Å²) in [6, 6.07) is 11.5. The van der Waals surface area contributed by atoms with Gasteiger partial charge in [0.1, 0.15) is 11.2 Å². The molecule has 0 amide bonds. The van der Waals surface area contributed by atoms with Gasteiger partial charge in [0, 0.05) is 36.6 Å². The van der Waals surface area contributed by atoms with E-state index in [0.29, 0.717) is 5.69 Å². The van der Waals surface area contributed by atoms with Crippen LogP contribution in [-0.4, -0.2) is 67.5 Å². The number of aryl methyl sites for hydroxylation is 1. The van der Waals surface area contributed by atoms with Crippen LogP contribution in [0.2, 0.25) is 0 Å². The van der Waals surface area contributed by atoms with E-state index >= 15 is 0 Å². The zero-order valence-corrected chi connectivity index (χ0v) is 22.2. The van der Waals surface area contributed by atoms with Crippen LogP contribution >= 0.6 is 0 Å². The highest BCUT2D eigenvalue weighted by atomic mass is 32.2. The zero-order chi connectivity index (χ0) is 27.6. The Morgan fingerprint density at radius 2 is 1.72 bits per heavy atom. The lowest BCUT2D eigenvalue weighted by atomic mass is 10.2. The van der Waals surface area contributed by atoms with E-state index in [1.807, 2.05) is 0 Å². The van der Waals surface area contributed by atoms with E-state index < -0.39 is 20.0 Å². The predicted molar refractivity (Wildman–Crippen MR) is 141 cm³/mol. The quantitative estimate of drug-likeness (QED) is 0.316. The van der Waals surface area contributed by atoms with Gasteiger partial charge in [-0.15, -0.1) is 5.11 Å². The number of nitrogens with zero attached hydrogens (tertiary/aromatic N) is 6. The lowest BCUT2D eigenvalue weighted by Crippen LogP contribution is -2.40. The second-order valence-electron chi connectivity index (χ2n) is 8.48. The second kappa shape index (κ2) is 10.6. The molecule has 2 aromatic heterocycles. The Kier molecular flexibility index (Phi) is 7.22. The molecule has 5 rings (SSSR count). The van der Waals surface area contributed by atoms with Crippen molar-refractivity contribution < 1.29 is 26.7 Å². The van der Waals surface area contributed by atoms with Crippen molar-refractivity contribution in [1.29, 1.82) is 0 Å². The molecule has 4 aromatic rings. The number of azo groups is 1. The maximum absolute atomic E-state index is 13.4. The number of fused-ring (bicyclic) bond motifs is 1. The maximum Gasteiger partial charge on any atom is 0.264 e. The molecule has 0 aliphatic carbocycles. The minimum Gasteiger partial charge on any atom is -0.504 e. The Hall–Kier alpha value is -4.05. The average molecular weight is 570 g/mol. The average Bonchev–Trinajstić information content (AvgIpc) is 2.93. The Labute approximate surface area is 224 Å². The van der Waals surface area contributed by atoms with Gasteiger partial charge in [-0.3, -0.25) is 4.98 Å². The van der Waals surface area contributed by atoms with E-state index in [1.54, 1.807) is 25.1 Å². The van der Waals surface area contributed by atoms with E-state index in [0.717, 1.165) is 0 Å². The minimum absolute atomic E-state index is 0.0526. The topological polar surface area (TPSA) is 176 Å². The largest absolute Gasteiger partial charge is 0.504 e. The third-order valence-corrected chi connectivity index (χ3v) is 9.12. The highest BCUT2D eigenvalue weighted by Gasteiger charge is 2.30. The van der Waals surface area contributed by atoms with Crippen molar-refractivity contribution >= 4 is 48.3 Å². The fourth-order valence-corrected chi connectivity index (χ4v) is 6.44. The van der Waals surface area contributed by atoms with Crippen LogP contribution < -0.4 is 4.72 Å². The molecule has 0 spiro atoms. The van der Waals surface area contributed by atoms with E-state index in [2.05, 4.69) is 29.9 Å². The Morgan fingerprint density at radius 3 is 2.44 bits per heavy atom. The molecule has 1 aliphatic rings. The Morgan fingerprint density at radius 1 is 0.974 bits per heavy atom. The molecular formula is C24H23N7O6S2. The van der Waals surface area contributed by atoms with E-state index in [4.69, 9.17) is 4.74 Å². The first kappa shape index (κ1) is 26.6. The molecule has 1 fully saturated rings. The SMILES string of the molecule is Cc1ccnc(NS(=O)(=O)c2ccc(N=Nc3cc(S(=O)(=O)N4CCOCC4)c4cccnc4c3O)cc2)n1. The molecule has 0 atom stereocenters. The van der Waals surface area contributed by atoms with Gasteiger partial charge in [0.05, 0.1) is 28.7 Å². The van der Waals surface area contributed by atoms with Crippen LogP contribution in [0.1, 0.15) is 5.69 Å². The Bertz CT molecular complexity index is 1770. The number of hydrogen-bond donors (Lipinski definition) is 2. The summed E-state index contributed by atoms with van der Waals surface area (Å²) in [6.45, 7) is 2.66. The van der Waals surface area contributed by atoms with Gasteiger partial charge in [-0.1, -0.05) is 0 Å². The summed E-state index contributed by atoms with van der Waals surface area (Å²) in [5, 5.41) is 19.2. The summed E-state index contributed by atoms with van der Waals surface area (Å²) in [5.74, 6) is -0.390. The van der Waals surface area contributed by atoms with Crippen LogP contribution in [0.4, 0.5) is 17.3 Å². The number of anilines is 1. The monoisotopic (exact) mass is 569 g/mol. The fraction of sp³-hybridized carbons (Fsp3) is 0.208. The molecule has 13 nitrogen and oxygen atoms in total. The van der Waals surface area contributed by atoms with Crippen LogP contribution in [-0.2, 0) is 24.8 Å². The van der Waals surface area contributed by atoms with Gasteiger partial charge in [-0.05, 0) is 55.5 Å². The number of ether oxygens (including phenoxy) is 1. The molecule has 1 aliphatic heterocycles. The number of aromatic hydroxyl groups is 1. The highest BCUT2D eigenvalue weighted by Crippen LogP contribution is 2.39. The fourth-order valence-electron chi connectivity index (χ4n) is 3.88. The molecule has 3 heterocycles. The van der Waals surface area contributed by atoms with Crippen molar-refractivity contribution in [2.24, 2.45) is 10.2 Å². The van der Waals surface area contributed by atoms with Gasteiger partial charge in [0.2, 0.25) is 16.0 Å². The number of aromatic nitrogens is 3. The molecule has 0 unspecified atom stereocenters. The van der Waals surface area contributed by atoms with Gasteiger partial charge in [0.15, 0.2) is 5.75 Å². The van der Waals surface area contributed by atoms with Crippen molar-refractivity contribution in [1.82, 2.24) is 19.3 Å². The molecule has 39 heavy (non-hydrogen) atoms. The van der Waals surface area contributed by atoms with Gasteiger partial charge in [-0.2, -0.15) is 9.42 Å². The number of nitrogens with one attached hydrogen (secondary N) is 1. The number of hydrogen-bond acceptors (Lipinski definition) is 11. The van der Waals surface area contributed by atoms with E-state index in [1.165, 1.54) is 47.0 Å². The first-order valence-corrected chi connectivity index (χ1v) is 14.6. The predicted octanol–water partition coefficient (Wildman–Crippen LogP) is 3.28. The van der Waals surface area contributed by atoms with Crippen LogP contribution in [0, 0.1) is 6.92 Å². The third-order valence-electron chi connectivity index (χ3n) is 5.84. The lowest BCUT2D eigenvalue weighted by Gasteiger charge is -2.26. The summed E-state index contributed by atoms with van der Waals surface area (Å²) in [6.07, 6.45) is 2.88. The summed E-state index contributed by atoms with van der Waals surface area (Å²) in [4.78, 5) is 12.0. The van der Waals surface area contributed by atoms with E-state index in [-0.39, 0.29) is 70.1 Å². The molecule has 0 bridgehead atoms. The number of phenolic OH excluding ortho intramolecular Hbond substituents is 1. The van der Waals surface area contributed by atoms with E-state index in [9.17, 15) is 21.9 Å². The zero-order valence-electron chi connectivity index (χ0n) is 20.6. The number of sulfonamides is 2. The molecule has 2 N–H and O–H groups in total. The number of phenols is 1. The number of morpholine rings is 1. The third kappa shape index (κ3) is 5.56.